The molecule has 188 valence electrons. The molecular weight excluding hydrogens is 472 g/mol. The number of carbonyl (C=O) groups excluding carboxylic acids is 1. The lowest BCUT2D eigenvalue weighted by Crippen LogP contribution is -2.34. The molecule has 0 unspecified atom stereocenters. The predicted molar refractivity (Wildman–Crippen MR) is 146 cm³/mol. The third-order valence-corrected chi connectivity index (χ3v) is 7.41. The van der Waals surface area contributed by atoms with Crippen molar-refractivity contribution in [3.8, 4) is 0 Å². The van der Waals surface area contributed by atoms with Crippen LogP contribution >= 0.6 is 11.3 Å². The molecule has 0 aliphatic heterocycles. The Labute approximate surface area is 214 Å². The number of nitrogens with zero attached hydrogens (tertiary/aromatic N) is 4. The third-order valence-electron chi connectivity index (χ3n) is 6.32. The number of carbonyl (C=O) groups is 1. The second-order valence-corrected chi connectivity index (χ2v) is 10.2. The Morgan fingerprint density at radius 3 is 2.72 bits per heavy atom. The van der Waals surface area contributed by atoms with E-state index in [1.165, 1.54) is 24.2 Å². The fourth-order valence-corrected chi connectivity index (χ4v) is 5.14. The zero-order chi connectivity index (χ0) is 25.1. The second-order valence-electron chi connectivity index (χ2n) is 9.09. The van der Waals surface area contributed by atoms with Crippen LogP contribution in [0, 0.1) is 6.92 Å². The number of aromatic amines is 1. The molecule has 36 heavy (non-hydrogen) atoms. The lowest BCUT2D eigenvalue weighted by molar-refractivity contribution is 0.0953. The highest BCUT2D eigenvalue weighted by molar-refractivity contribution is 7.20. The minimum atomic E-state index is -0.0285. The molecule has 1 aliphatic carbocycles. The monoisotopic (exact) mass is 504 g/mol. The lowest BCUT2D eigenvalue weighted by Gasteiger charge is -2.17. The molecule has 3 aromatic heterocycles. The van der Waals surface area contributed by atoms with E-state index in [9.17, 15) is 4.79 Å². The van der Waals surface area contributed by atoms with Crippen LogP contribution in [-0.2, 0) is 0 Å². The van der Waals surface area contributed by atoms with Crippen molar-refractivity contribution in [2.24, 2.45) is 0 Å². The van der Waals surface area contributed by atoms with Crippen LogP contribution in [0.15, 0.2) is 36.4 Å². The molecule has 5 rings (SSSR count). The van der Waals surface area contributed by atoms with Gasteiger partial charge in [-0.2, -0.15) is 10.1 Å². The second kappa shape index (κ2) is 10.6. The van der Waals surface area contributed by atoms with E-state index in [-0.39, 0.29) is 5.91 Å². The van der Waals surface area contributed by atoms with Crippen LogP contribution in [0.3, 0.4) is 0 Å². The highest BCUT2D eigenvalue weighted by Crippen LogP contribution is 2.39. The Morgan fingerprint density at radius 1 is 1.11 bits per heavy atom. The Morgan fingerprint density at radius 2 is 1.94 bits per heavy atom. The van der Waals surface area contributed by atoms with Gasteiger partial charge in [0, 0.05) is 47.2 Å². The maximum Gasteiger partial charge on any atom is 0.261 e. The number of H-pyrrole nitrogens is 1. The number of aryl methyl sites for hydroxylation is 1. The maximum atomic E-state index is 12.6. The first-order valence-electron chi connectivity index (χ1n) is 12.5. The molecule has 0 bridgehead atoms. The lowest BCUT2D eigenvalue weighted by atomic mass is 10.2. The third kappa shape index (κ3) is 5.83. The molecule has 0 radical (unpaired) electrons. The minimum absolute atomic E-state index is 0.0285. The number of hydrogen-bond acceptors (Lipinski definition) is 8. The van der Waals surface area contributed by atoms with Gasteiger partial charge in [-0.05, 0) is 56.4 Å². The Kier molecular flexibility index (Phi) is 7.15. The average molecular weight is 505 g/mol. The fraction of sp³-hybridized carbons (Fsp3) is 0.385. The van der Waals surface area contributed by atoms with Crippen LogP contribution in [-0.4, -0.2) is 57.2 Å². The van der Waals surface area contributed by atoms with Crippen LogP contribution in [0.5, 0.6) is 0 Å². The van der Waals surface area contributed by atoms with E-state index in [1.807, 2.05) is 43.3 Å². The first-order chi connectivity index (χ1) is 17.5. The summed E-state index contributed by atoms with van der Waals surface area (Å²) in [6, 6.07) is 11.9. The van der Waals surface area contributed by atoms with Gasteiger partial charge >= 0.3 is 0 Å². The Hall–Kier alpha value is -3.50. The topological polar surface area (TPSA) is 111 Å². The van der Waals surface area contributed by atoms with Gasteiger partial charge in [0.15, 0.2) is 0 Å². The summed E-state index contributed by atoms with van der Waals surface area (Å²) in [6.45, 7) is 9.66. The number of thiophene rings is 1. The summed E-state index contributed by atoms with van der Waals surface area (Å²) in [4.78, 5) is 24.8. The van der Waals surface area contributed by atoms with Gasteiger partial charge in [-0.3, -0.25) is 9.89 Å². The van der Waals surface area contributed by atoms with Gasteiger partial charge in [-0.25, -0.2) is 4.98 Å². The standard InChI is InChI=1S/C26H32N8OS/c1-4-34(5-2)11-10-27-25(35)22-13-18-8-9-19(14-21(18)36-22)29-26-28-16(3)12-23(31-26)30-24-15-20(32-33-24)17-6-7-17/h8-9,12-15,17H,4-7,10-11H2,1-3H3,(H,27,35)(H3,28,29,30,31,32,33). The molecule has 3 heterocycles. The van der Waals surface area contributed by atoms with Crippen molar-refractivity contribution in [1.82, 2.24) is 30.4 Å². The Balaban J connectivity index is 1.25. The fourth-order valence-electron chi connectivity index (χ4n) is 4.12. The quantitative estimate of drug-likeness (QED) is 0.223. The highest BCUT2D eigenvalue weighted by atomic mass is 32.1. The zero-order valence-electron chi connectivity index (χ0n) is 20.9. The number of hydrogen-bond donors (Lipinski definition) is 4. The van der Waals surface area contributed by atoms with Gasteiger partial charge in [0.25, 0.3) is 5.91 Å². The first-order valence-corrected chi connectivity index (χ1v) is 13.3. The molecule has 1 amide bonds. The number of benzene rings is 1. The normalized spacial score (nSPS) is 13.3. The van der Waals surface area contributed by atoms with Crippen molar-refractivity contribution in [2.45, 2.75) is 39.5 Å². The number of fused-ring (bicyclic) bond motifs is 1. The largest absolute Gasteiger partial charge is 0.350 e. The van der Waals surface area contributed by atoms with Crippen LogP contribution in [0.25, 0.3) is 10.1 Å². The molecule has 1 fully saturated rings. The number of likely N-dealkylation sites (N-methyl/N-ethyl adjacent to an activating group) is 1. The highest BCUT2D eigenvalue weighted by Gasteiger charge is 2.26. The number of aromatic nitrogens is 4. The summed E-state index contributed by atoms with van der Waals surface area (Å²) in [5.74, 6) is 2.58. The van der Waals surface area contributed by atoms with E-state index in [0.29, 0.717) is 29.1 Å². The molecule has 10 heteroatoms. The van der Waals surface area contributed by atoms with E-state index in [0.717, 1.165) is 52.6 Å². The van der Waals surface area contributed by atoms with E-state index in [1.54, 1.807) is 0 Å². The van der Waals surface area contributed by atoms with Crippen LogP contribution < -0.4 is 16.0 Å². The van der Waals surface area contributed by atoms with Crippen LogP contribution in [0.1, 0.15) is 53.7 Å². The molecule has 0 saturated heterocycles. The van der Waals surface area contributed by atoms with Crippen molar-refractivity contribution in [3.05, 3.63) is 52.7 Å². The Bertz CT molecular complexity index is 1360. The van der Waals surface area contributed by atoms with Gasteiger partial charge in [-0.1, -0.05) is 19.9 Å². The number of anilines is 4. The van der Waals surface area contributed by atoms with Gasteiger partial charge in [0.2, 0.25) is 5.95 Å². The molecule has 4 aromatic rings. The summed E-state index contributed by atoms with van der Waals surface area (Å²) in [6.07, 6.45) is 2.42. The summed E-state index contributed by atoms with van der Waals surface area (Å²) in [5, 5.41) is 18.1. The number of rotatable bonds is 11. The average Bonchev–Trinajstić information content (AvgIpc) is 3.45. The molecule has 1 aromatic carbocycles. The van der Waals surface area contributed by atoms with E-state index >= 15 is 0 Å². The van der Waals surface area contributed by atoms with Crippen LogP contribution in [0.4, 0.5) is 23.3 Å². The maximum absolute atomic E-state index is 12.6. The van der Waals surface area contributed by atoms with E-state index in [2.05, 4.69) is 54.9 Å². The summed E-state index contributed by atoms with van der Waals surface area (Å²) in [5.41, 5.74) is 2.81. The molecule has 4 N–H and O–H groups in total. The first kappa shape index (κ1) is 24.2. The van der Waals surface area contributed by atoms with Crippen molar-refractivity contribution < 1.29 is 4.79 Å². The van der Waals surface area contributed by atoms with Gasteiger partial charge in [0.1, 0.15) is 11.6 Å². The van der Waals surface area contributed by atoms with Crippen molar-refractivity contribution in [2.75, 3.05) is 36.8 Å². The smallest absolute Gasteiger partial charge is 0.261 e. The summed E-state index contributed by atoms with van der Waals surface area (Å²) in [7, 11) is 0. The van der Waals surface area contributed by atoms with Crippen molar-refractivity contribution in [3.63, 3.8) is 0 Å². The summed E-state index contributed by atoms with van der Waals surface area (Å²) < 4.78 is 1.03. The predicted octanol–water partition coefficient (Wildman–Crippen LogP) is 5.16. The number of amides is 1. The van der Waals surface area contributed by atoms with Crippen LogP contribution in [0.2, 0.25) is 0 Å². The zero-order valence-corrected chi connectivity index (χ0v) is 21.7. The molecule has 0 atom stereocenters. The van der Waals surface area contributed by atoms with Gasteiger partial charge < -0.3 is 20.9 Å². The minimum Gasteiger partial charge on any atom is -0.350 e. The van der Waals surface area contributed by atoms with E-state index in [4.69, 9.17) is 0 Å². The van der Waals surface area contributed by atoms with Gasteiger partial charge in [0.05, 0.1) is 10.6 Å². The molecular formula is C26H32N8OS. The molecule has 0 spiro atoms. The van der Waals surface area contributed by atoms with Crippen molar-refractivity contribution >= 4 is 50.6 Å². The molecule has 1 saturated carbocycles. The molecule has 1 aliphatic rings. The number of nitrogens with one attached hydrogen (secondary N) is 4. The van der Waals surface area contributed by atoms with Gasteiger partial charge in [-0.15, -0.1) is 11.3 Å². The molecule has 9 nitrogen and oxygen atoms in total. The SMILES string of the molecule is CCN(CC)CCNC(=O)c1cc2ccc(Nc3nc(C)cc(Nc4cc(C5CC5)n[nH]4)n3)cc2s1. The summed E-state index contributed by atoms with van der Waals surface area (Å²) >= 11 is 1.49. The van der Waals surface area contributed by atoms with E-state index < -0.39 is 0 Å². The van der Waals surface area contributed by atoms with Crippen molar-refractivity contribution in [1.29, 1.82) is 0 Å².